The van der Waals surface area contributed by atoms with Gasteiger partial charge in [0, 0.05) is 9.31 Å². The van der Waals surface area contributed by atoms with Gasteiger partial charge in [-0.2, -0.15) is 0 Å². The maximum absolute atomic E-state index is 11.8. The first kappa shape index (κ1) is 15.4. The Morgan fingerprint density at radius 3 is 2.53 bits per heavy atom. The highest BCUT2D eigenvalue weighted by Gasteiger charge is 2.33. The minimum Gasteiger partial charge on any atom is -0.421 e. The highest BCUT2D eigenvalue weighted by molar-refractivity contribution is 9.12. The van der Waals surface area contributed by atoms with E-state index in [4.69, 9.17) is 4.74 Å². The van der Waals surface area contributed by atoms with Crippen LogP contribution in [0.3, 0.4) is 0 Å². The lowest BCUT2D eigenvalue weighted by molar-refractivity contribution is -0.133. The van der Waals surface area contributed by atoms with Gasteiger partial charge in [-0.25, -0.2) is 4.79 Å². The number of hydrogen-bond donors (Lipinski definition) is 0. The van der Waals surface area contributed by atoms with Gasteiger partial charge in [0.15, 0.2) is 5.76 Å². The van der Waals surface area contributed by atoms with Crippen molar-refractivity contribution in [3.63, 3.8) is 0 Å². The molecule has 0 saturated heterocycles. The lowest BCUT2D eigenvalue weighted by atomic mass is 10.1. The van der Waals surface area contributed by atoms with Gasteiger partial charge in [-0.05, 0) is 29.3 Å². The molecule has 1 unspecified atom stereocenters. The molecule has 1 rings (SSSR count). The molecule has 0 saturated carbocycles. The average molecular weight is 431 g/mol. The highest BCUT2D eigenvalue weighted by Crippen LogP contribution is 2.39. The Hall–Kier alpha value is 0.390. The third kappa shape index (κ3) is 3.93. The summed E-state index contributed by atoms with van der Waals surface area (Å²) in [6.45, 7) is 4.02. The number of hydrogen-bond acceptors (Lipinski definition) is 2. The number of allylic oxidation sites excluding steroid dienone is 2. The Morgan fingerprint density at radius 1 is 1.41 bits per heavy atom. The molecule has 0 fully saturated rings. The number of halogens is 3. The summed E-state index contributed by atoms with van der Waals surface area (Å²) >= 11 is 10.3. The quantitative estimate of drug-likeness (QED) is 0.342. The maximum Gasteiger partial charge on any atom is 0.341 e. The van der Waals surface area contributed by atoms with Crippen LogP contribution < -0.4 is 0 Å². The molecule has 0 aliphatic carbocycles. The summed E-state index contributed by atoms with van der Waals surface area (Å²) < 4.78 is 6.80. The molecule has 0 aromatic carbocycles. The minimum absolute atomic E-state index is 0.0558. The fraction of sp³-hybridized carbons (Fsp3) is 0.583. The van der Waals surface area contributed by atoms with Crippen LogP contribution in [-0.4, -0.2) is 10.8 Å². The Morgan fingerprint density at radius 2 is 2.06 bits per heavy atom. The fourth-order valence-corrected chi connectivity index (χ4v) is 4.02. The van der Waals surface area contributed by atoms with Crippen LogP contribution in [0, 0.1) is 0 Å². The van der Waals surface area contributed by atoms with Crippen LogP contribution in [0.5, 0.6) is 0 Å². The summed E-state index contributed by atoms with van der Waals surface area (Å²) in [5, 5.41) is 0. The standard InChI is InChI=1S/C12H15Br3O2/c1-3-4-5-6-8(14)9-10(15)11(7(2)13)17-12(9)16/h8H,3-6H2,1-2H3/b11-7-. The van der Waals surface area contributed by atoms with E-state index in [-0.39, 0.29) is 10.8 Å². The Balaban J connectivity index is 2.81. The van der Waals surface area contributed by atoms with Gasteiger partial charge in [-0.1, -0.05) is 58.0 Å². The molecule has 0 aromatic heterocycles. The molecule has 0 spiro atoms. The Labute approximate surface area is 127 Å². The molecule has 0 amide bonds. The van der Waals surface area contributed by atoms with Crippen molar-refractivity contribution in [1.29, 1.82) is 0 Å². The van der Waals surface area contributed by atoms with Crippen molar-refractivity contribution in [3.8, 4) is 0 Å². The van der Waals surface area contributed by atoms with E-state index in [1.165, 1.54) is 12.8 Å². The molecule has 2 nitrogen and oxygen atoms in total. The number of cyclic esters (lactones) is 1. The van der Waals surface area contributed by atoms with Crippen LogP contribution in [0.1, 0.15) is 39.5 Å². The zero-order valence-electron chi connectivity index (χ0n) is 9.86. The van der Waals surface area contributed by atoms with Crippen molar-refractivity contribution < 1.29 is 9.53 Å². The third-order valence-electron chi connectivity index (χ3n) is 2.54. The predicted molar refractivity (Wildman–Crippen MR) is 80.5 cm³/mol. The Bertz CT molecular complexity index is 368. The average Bonchev–Trinajstić information content (AvgIpc) is 2.54. The van der Waals surface area contributed by atoms with Crippen molar-refractivity contribution >= 4 is 53.8 Å². The SMILES string of the molecule is CCCCCC(Br)C1=C(Br)/C(=C(\C)Br)OC1=O. The van der Waals surface area contributed by atoms with Gasteiger partial charge in [0.2, 0.25) is 0 Å². The van der Waals surface area contributed by atoms with E-state index >= 15 is 0 Å². The van der Waals surface area contributed by atoms with Gasteiger partial charge >= 0.3 is 5.97 Å². The molecule has 0 radical (unpaired) electrons. The van der Waals surface area contributed by atoms with Crippen molar-refractivity contribution in [1.82, 2.24) is 0 Å². The number of unbranched alkanes of at least 4 members (excludes halogenated alkanes) is 2. The van der Waals surface area contributed by atoms with Crippen LogP contribution >= 0.6 is 47.8 Å². The minimum atomic E-state index is -0.260. The summed E-state index contributed by atoms with van der Waals surface area (Å²) in [5.74, 6) is 0.328. The molecule has 1 heterocycles. The summed E-state index contributed by atoms with van der Waals surface area (Å²) in [5.41, 5.74) is 0.690. The molecule has 5 heteroatoms. The molecular weight excluding hydrogens is 416 g/mol. The van der Waals surface area contributed by atoms with Gasteiger partial charge < -0.3 is 4.74 Å². The molecule has 1 aliphatic heterocycles. The zero-order valence-corrected chi connectivity index (χ0v) is 14.6. The van der Waals surface area contributed by atoms with Crippen LogP contribution in [0.25, 0.3) is 0 Å². The van der Waals surface area contributed by atoms with Crippen molar-refractivity contribution in [2.45, 2.75) is 44.4 Å². The second kappa shape index (κ2) is 7.10. The number of alkyl halides is 1. The summed E-state index contributed by atoms with van der Waals surface area (Å²) in [6, 6.07) is 0. The molecule has 0 aromatic rings. The summed E-state index contributed by atoms with van der Waals surface area (Å²) in [4.78, 5) is 11.8. The lowest BCUT2D eigenvalue weighted by Crippen LogP contribution is -2.10. The van der Waals surface area contributed by atoms with E-state index in [9.17, 15) is 4.79 Å². The normalized spacial score (nSPS) is 20.6. The second-order valence-corrected chi connectivity index (χ2v) is 7.03. The molecule has 17 heavy (non-hydrogen) atoms. The summed E-state index contributed by atoms with van der Waals surface area (Å²) in [6.07, 6.45) is 4.41. The number of carbonyl (C=O) groups is 1. The first-order valence-electron chi connectivity index (χ1n) is 5.61. The molecule has 1 aliphatic rings. The molecular formula is C12H15Br3O2. The van der Waals surface area contributed by atoms with E-state index in [0.717, 1.165) is 21.8 Å². The monoisotopic (exact) mass is 428 g/mol. The van der Waals surface area contributed by atoms with Gasteiger partial charge in [0.1, 0.15) is 0 Å². The predicted octanol–water partition coefficient (Wildman–Crippen LogP) is 5.16. The number of esters is 1. The first-order valence-corrected chi connectivity index (χ1v) is 8.11. The van der Waals surface area contributed by atoms with E-state index < -0.39 is 0 Å². The molecule has 0 N–H and O–H groups in total. The van der Waals surface area contributed by atoms with Gasteiger partial charge in [0.25, 0.3) is 0 Å². The smallest absolute Gasteiger partial charge is 0.341 e. The maximum atomic E-state index is 11.8. The van der Waals surface area contributed by atoms with Crippen LogP contribution in [0.4, 0.5) is 0 Å². The van der Waals surface area contributed by atoms with E-state index in [0.29, 0.717) is 11.3 Å². The van der Waals surface area contributed by atoms with Crippen LogP contribution in [0.15, 0.2) is 20.3 Å². The molecule has 1 atom stereocenters. The first-order chi connectivity index (χ1) is 7.99. The van der Waals surface area contributed by atoms with Gasteiger partial charge in [0.05, 0.1) is 10.1 Å². The Kier molecular flexibility index (Phi) is 6.45. The second-order valence-electron chi connectivity index (χ2n) is 3.94. The number of ether oxygens (including phenoxy) is 1. The van der Waals surface area contributed by atoms with E-state index in [1.807, 2.05) is 6.92 Å². The van der Waals surface area contributed by atoms with Crippen molar-refractivity contribution in [2.75, 3.05) is 0 Å². The number of rotatable bonds is 5. The van der Waals surface area contributed by atoms with Crippen LogP contribution in [0.2, 0.25) is 0 Å². The van der Waals surface area contributed by atoms with Crippen molar-refractivity contribution in [2.24, 2.45) is 0 Å². The fourth-order valence-electron chi connectivity index (χ4n) is 1.61. The topological polar surface area (TPSA) is 26.3 Å². The van der Waals surface area contributed by atoms with Gasteiger partial charge in [-0.3, -0.25) is 0 Å². The highest BCUT2D eigenvalue weighted by atomic mass is 79.9. The van der Waals surface area contributed by atoms with E-state index in [2.05, 4.69) is 54.7 Å². The third-order valence-corrected chi connectivity index (χ3v) is 4.60. The largest absolute Gasteiger partial charge is 0.421 e. The molecule has 0 bridgehead atoms. The van der Waals surface area contributed by atoms with Crippen molar-refractivity contribution in [3.05, 3.63) is 20.3 Å². The summed E-state index contributed by atoms with van der Waals surface area (Å²) in [7, 11) is 0. The number of carbonyl (C=O) groups excluding carboxylic acids is 1. The van der Waals surface area contributed by atoms with E-state index in [1.54, 1.807) is 0 Å². The molecule has 96 valence electrons. The van der Waals surface area contributed by atoms with Crippen LogP contribution in [-0.2, 0) is 9.53 Å². The van der Waals surface area contributed by atoms with Gasteiger partial charge in [-0.15, -0.1) is 0 Å². The lowest BCUT2D eigenvalue weighted by Gasteiger charge is -2.08. The zero-order chi connectivity index (χ0) is 13.0.